The molecule has 1 aliphatic heterocycles. The lowest BCUT2D eigenvalue weighted by Crippen LogP contribution is -2.31. The molecule has 1 aromatic heterocycles. The van der Waals surface area contributed by atoms with Crippen molar-refractivity contribution in [1.82, 2.24) is 15.5 Å². The van der Waals surface area contributed by atoms with Crippen LogP contribution in [0.15, 0.2) is 4.52 Å². The fourth-order valence-corrected chi connectivity index (χ4v) is 1.55. The van der Waals surface area contributed by atoms with Gasteiger partial charge in [0.25, 0.3) is 0 Å². The van der Waals surface area contributed by atoms with E-state index < -0.39 is 0 Å². The van der Waals surface area contributed by atoms with Gasteiger partial charge < -0.3 is 14.6 Å². The summed E-state index contributed by atoms with van der Waals surface area (Å²) in [5.74, 6) is 1.55. The Morgan fingerprint density at radius 1 is 1.46 bits per heavy atom. The van der Waals surface area contributed by atoms with E-state index in [1.807, 2.05) is 14.0 Å². The Morgan fingerprint density at radius 3 is 2.92 bits per heavy atom. The lowest BCUT2D eigenvalue weighted by atomic mass is 10.0. The lowest BCUT2D eigenvalue weighted by Gasteiger charge is -2.11. The highest BCUT2D eigenvalue weighted by atomic mass is 16.5. The molecule has 2 heterocycles. The fraction of sp³-hybridized carbons (Fsp3) is 0.750. The predicted octanol–water partition coefficient (Wildman–Crippen LogP) is 0.0798. The third-order valence-corrected chi connectivity index (χ3v) is 2.31. The van der Waals surface area contributed by atoms with Crippen molar-refractivity contribution in [3.8, 4) is 0 Å². The molecule has 2 unspecified atom stereocenters. The van der Waals surface area contributed by atoms with Crippen LogP contribution in [-0.2, 0) is 4.74 Å². The smallest absolute Gasteiger partial charge is 0.233 e. The zero-order valence-corrected chi connectivity index (χ0v) is 7.78. The maximum absolute atomic E-state index is 5.33. The van der Waals surface area contributed by atoms with Gasteiger partial charge in [-0.15, -0.1) is 0 Å². The fourth-order valence-electron chi connectivity index (χ4n) is 1.55. The molecule has 2 rings (SSSR count). The SMILES string of the molecule is CNC1COCC1c1nc(C)no1. The van der Waals surface area contributed by atoms with Gasteiger partial charge in [0.05, 0.1) is 19.1 Å². The summed E-state index contributed by atoms with van der Waals surface area (Å²) in [5.41, 5.74) is 0. The van der Waals surface area contributed by atoms with Gasteiger partial charge >= 0.3 is 0 Å². The Balaban J connectivity index is 2.15. The van der Waals surface area contributed by atoms with Gasteiger partial charge in [-0.25, -0.2) is 0 Å². The molecule has 0 aromatic carbocycles. The third kappa shape index (κ3) is 1.57. The summed E-state index contributed by atoms with van der Waals surface area (Å²) in [6.07, 6.45) is 0. The van der Waals surface area contributed by atoms with Crippen LogP contribution >= 0.6 is 0 Å². The van der Waals surface area contributed by atoms with Crippen LogP contribution in [0.5, 0.6) is 0 Å². The first-order valence-corrected chi connectivity index (χ1v) is 4.36. The number of likely N-dealkylation sites (N-methyl/N-ethyl adjacent to an activating group) is 1. The molecule has 72 valence electrons. The van der Waals surface area contributed by atoms with E-state index in [9.17, 15) is 0 Å². The quantitative estimate of drug-likeness (QED) is 0.703. The second kappa shape index (κ2) is 3.43. The standard InChI is InChI=1S/C8H13N3O2/c1-5-10-8(13-11-5)6-3-12-4-7(6)9-2/h6-7,9H,3-4H2,1-2H3. The minimum absolute atomic E-state index is 0.200. The first-order valence-electron chi connectivity index (χ1n) is 4.36. The molecule has 5 heteroatoms. The molecule has 0 aliphatic carbocycles. The van der Waals surface area contributed by atoms with E-state index >= 15 is 0 Å². The van der Waals surface area contributed by atoms with Crippen molar-refractivity contribution in [2.24, 2.45) is 0 Å². The predicted molar refractivity (Wildman–Crippen MR) is 45.4 cm³/mol. The number of hydrogen-bond acceptors (Lipinski definition) is 5. The summed E-state index contributed by atoms with van der Waals surface area (Å²) in [5, 5.41) is 6.93. The molecule has 1 N–H and O–H groups in total. The first kappa shape index (κ1) is 8.65. The van der Waals surface area contributed by atoms with Crippen LogP contribution in [0, 0.1) is 6.92 Å². The van der Waals surface area contributed by atoms with Crippen LogP contribution in [0.3, 0.4) is 0 Å². The van der Waals surface area contributed by atoms with Crippen LogP contribution in [-0.4, -0.2) is 36.4 Å². The van der Waals surface area contributed by atoms with Crippen LogP contribution in [0.4, 0.5) is 0 Å². The number of nitrogens with zero attached hydrogens (tertiary/aromatic N) is 2. The number of aryl methyl sites for hydroxylation is 1. The highest BCUT2D eigenvalue weighted by Gasteiger charge is 2.32. The van der Waals surface area contributed by atoms with Crippen molar-refractivity contribution < 1.29 is 9.26 Å². The molecule has 1 aromatic rings. The molecular weight excluding hydrogens is 170 g/mol. The molecule has 1 saturated heterocycles. The van der Waals surface area contributed by atoms with Crippen molar-refractivity contribution in [1.29, 1.82) is 0 Å². The molecule has 1 fully saturated rings. The van der Waals surface area contributed by atoms with Gasteiger partial charge in [-0.1, -0.05) is 5.16 Å². The monoisotopic (exact) mass is 183 g/mol. The average molecular weight is 183 g/mol. The largest absolute Gasteiger partial charge is 0.379 e. The second-order valence-electron chi connectivity index (χ2n) is 3.22. The molecule has 1 aliphatic rings. The Hall–Kier alpha value is -0.940. The molecule has 0 bridgehead atoms. The summed E-state index contributed by atoms with van der Waals surface area (Å²) in [6, 6.07) is 0.292. The van der Waals surface area contributed by atoms with E-state index in [-0.39, 0.29) is 5.92 Å². The van der Waals surface area contributed by atoms with E-state index in [1.165, 1.54) is 0 Å². The molecule has 5 nitrogen and oxygen atoms in total. The maximum atomic E-state index is 5.33. The summed E-state index contributed by atoms with van der Waals surface area (Å²) in [4.78, 5) is 4.19. The van der Waals surface area contributed by atoms with E-state index in [0.717, 1.165) is 0 Å². The van der Waals surface area contributed by atoms with Crippen LogP contribution < -0.4 is 5.32 Å². The number of rotatable bonds is 2. The zero-order valence-electron chi connectivity index (χ0n) is 7.78. The maximum Gasteiger partial charge on any atom is 0.233 e. The lowest BCUT2D eigenvalue weighted by molar-refractivity contribution is 0.185. The minimum atomic E-state index is 0.200. The summed E-state index contributed by atoms with van der Waals surface area (Å²) in [6.45, 7) is 3.19. The van der Waals surface area contributed by atoms with Crippen molar-refractivity contribution in [2.75, 3.05) is 20.3 Å². The normalized spacial score (nSPS) is 28.2. The molecular formula is C8H13N3O2. The Morgan fingerprint density at radius 2 is 2.31 bits per heavy atom. The summed E-state index contributed by atoms with van der Waals surface area (Å²) >= 11 is 0. The number of aromatic nitrogens is 2. The highest BCUT2D eigenvalue weighted by Crippen LogP contribution is 2.23. The van der Waals surface area contributed by atoms with Crippen molar-refractivity contribution >= 4 is 0 Å². The van der Waals surface area contributed by atoms with E-state index in [0.29, 0.717) is 31.0 Å². The average Bonchev–Trinajstić information content (AvgIpc) is 2.71. The number of hydrogen-bond donors (Lipinski definition) is 1. The van der Waals surface area contributed by atoms with Crippen LogP contribution in [0.25, 0.3) is 0 Å². The van der Waals surface area contributed by atoms with Crippen molar-refractivity contribution in [2.45, 2.75) is 18.9 Å². The van der Waals surface area contributed by atoms with E-state index in [2.05, 4.69) is 15.5 Å². The third-order valence-electron chi connectivity index (χ3n) is 2.31. The number of ether oxygens (including phenoxy) is 1. The zero-order chi connectivity index (χ0) is 9.26. The van der Waals surface area contributed by atoms with Gasteiger partial charge in [0.2, 0.25) is 5.89 Å². The molecule has 2 atom stereocenters. The van der Waals surface area contributed by atoms with Crippen molar-refractivity contribution in [3.05, 3.63) is 11.7 Å². The van der Waals surface area contributed by atoms with E-state index in [1.54, 1.807) is 0 Å². The molecule has 0 radical (unpaired) electrons. The summed E-state index contributed by atoms with van der Waals surface area (Å²) < 4.78 is 10.4. The molecule has 0 amide bonds. The van der Waals surface area contributed by atoms with Gasteiger partial charge in [-0.2, -0.15) is 4.98 Å². The van der Waals surface area contributed by atoms with Gasteiger partial charge in [-0.05, 0) is 14.0 Å². The van der Waals surface area contributed by atoms with Crippen molar-refractivity contribution in [3.63, 3.8) is 0 Å². The highest BCUT2D eigenvalue weighted by molar-refractivity contribution is 5.01. The number of nitrogens with one attached hydrogen (secondary N) is 1. The van der Waals surface area contributed by atoms with Gasteiger partial charge in [0.1, 0.15) is 0 Å². The second-order valence-corrected chi connectivity index (χ2v) is 3.22. The van der Waals surface area contributed by atoms with Gasteiger partial charge in [-0.3, -0.25) is 0 Å². The molecule has 0 saturated carbocycles. The summed E-state index contributed by atoms with van der Waals surface area (Å²) in [7, 11) is 1.91. The Bertz CT molecular complexity index is 287. The molecule has 0 spiro atoms. The van der Waals surface area contributed by atoms with E-state index in [4.69, 9.17) is 9.26 Å². The van der Waals surface area contributed by atoms with Gasteiger partial charge in [0.15, 0.2) is 5.82 Å². The van der Waals surface area contributed by atoms with Crippen LogP contribution in [0.2, 0.25) is 0 Å². The topological polar surface area (TPSA) is 60.2 Å². The minimum Gasteiger partial charge on any atom is -0.379 e. The molecule has 13 heavy (non-hydrogen) atoms. The van der Waals surface area contributed by atoms with Crippen LogP contribution in [0.1, 0.15) is 17.6 Å². The first-order chi connectivity index (χ1) is 6.31. The van der Waals surface area contributed by atoms with Gasteiger partial charge in [0, 0.05) is 6.04 Å². The Kier molecular flexibility index (Phi) is 2.28. The Labute approximate surface area is 76.5 Å².